The Kier molecular flexibility index (Phi) is 2.46. The van der Waals surface area contributed by atoms with E-state index in [1.54, 1.807) is 0 Å². The Labute approximate surface area is 87.5 Å². The van der Waals surface area contributed by atoms with Crippen molar-refractivity contribution >= 4 is 17.6 Å². The van der Waals surface area contributed by atoms with Crippen molar-refractivity contribution in [3.05, 3.63) is 34.9 Å². The van der Waals surface area contributed by atoms with E-state index < -0.39 is 5.97 Å². The van der Waals surface area contributed by atoms with Gasteiger partial charge in [0.25, 0.3) is 0 Å². The zero-order valence-corrected chi connectivity index (χ0v) is 8.37. The van der Waals surface area contributed by atoms with Gasteiger partial charge in [0.15, 0.2) is 0 Å². The van der Waals surface area contributed by atoms with Crippen LogP contribution in [0.1, 0.15) is 24.3 Å². The lowest BCUT2D eigenvalue weighted by atomic mass is 9.71. The van der Waals surface area contributed by atoms with E-state index in [9.17, 15) is 4.79 Å². The molecule has 74 valence electrons. The summed E-state index contributed by atoms with van der Waals surface area (Å²) in [4.78, 5) is 10.6. The van der Waals surface area contributed by atoms with Crippen molar-refractivity contribution < 1.29 is 9.90 Å². The molecule has 1 aliphatic carbocycles. The second-order valence-electron chi connectivity index (χ2n) is 3.76. The molecule has 1 saturated carbocycles. The third-order valence-corrected chi connectivity index (χ3v) is 3.04. The second kappa shape index (κ2) is 3.62. The minimum atomic E-state index is -0.678. The Balaban J connectivity index is 2.03. The van der Waals surface area contributed by atoms with Gasteiger partial charge in [-0.3, -0.25) is 4.79 Å². The Morgan fingerprint density at radius 2 is 2.14 bits per heavy atom. The predicted octanol–water partition coefficient (Wildman–Crippen LogP) is 2.92. The van der Waals surface area contributed by atoms with Crippen molar-refractivity contribution in [2.24, 2.45) is 5.92 Å². The van der Waals surface area contributed by atoms with Gasteiger partial charge in [-0.1, -0.05) is 23.7 Å². The monoisotopic (exact) mass is 210 g/mol. The zero-order chi connectivity index (χ0) is 10.1. The molecule has 0 heterocycles. The average Bonchev–Trinajstić information content (AvgIpc) is 2.00. The van der Waals surface area contributed by atoms with Gasteiger partial charge in [-0.2, -0.15) is 0 Å². The highest BCUT2D eigenvalue weighted by Crippen LogP contribution is 2.42. The molecule has 0 atom stereocenters. The number of benzene rings is 1. The fourth-order valence-corrected chi connectivity index (χ4v) is 2.05. The number of halogens is 1. The molecule has 3 heteroatoms. The molecular weight excluding hydrogens is 200 g/mol. The van der Waals surface area contributed by atoms with Crippen LogP contribution < -0.4 is 0 Å². The maximum Gasteiger partial charge on any atom is 0.306 e. The first-order chi connectivity index (χ1) is 6.66. The molecule has 0 unspecified atom stereocenters. The molecule has 0 spiro atoms. The molecule has 1 aromatic carbocycles. The lowest BCUT2D eigenvalue weighted by Crippen LogP contribution is -2.28. The minimum Gasteiger partial charge on any atom is -0.481 e. The number of hydrogen-bond donors (Lipinski definition) is 1. The van der Waals surface area contributed by atoms with Gasteiger partial charge in [-0.25, -0.2) is 0 Å². The number of carbonyl (C=O) groups is 1. The van der Waals surface area contributed by atoms with E-state index in [1.807, 2.05) is 24.3 Å². The van der Waals surface area contributed by atoms with Crippen molar-refractivity contribution in [2.45, 2.75) is 18.8 Å². The first kappa shape index (κ1) is 9.53. The van der Waals surface area contributed by atoms with Gasteiger partial charge in [0.2, 0.25) is 0 Å². The molecule has 1 aromatic rings. The van der Waals surface area contributed by atoms with Crippen LogP contribution in [0.3, 0.4) is 0 Å². The van der Waals surface area contributed by atoms with Gasteiger partial charge >= 0.3 is 5.97 Å². The summed E-state index contributed by atoms with van der Waals surface area (Å²) >= 11 is 5.85. The van der Waals surface area contributed by atoms with E-state index in [0.717, 1.165) is 23.4 Å². The van der Waals surface area contributed by atoms with Crippen LogP contribution in [0.15, 0.2) is 24.3 Å². The Bertz CT molecular complexity index is 356. The van der Waals surface area contributed by atoms with E-state index in [2.05, 4.69) is 0 Å². The molecule has 1 aliphatic rings. The molecule has 0 aliphatic heterocycles. The summed E-state index contributed by atoms with van der Waals surface area (Å²) in [6.07, 6.45) is 1.49. The third kappa shape index (κ3) is 1.75. The van der Waals surface area contributed by atoms with Crippen molar-refractivity contribution in [1.29, 1.82) is 0 Å². The molecule has 2 rings (SSSR count). The first-order valence-corrected chi connectivity index (χ1v) is 5.03. The highest BCUT2D eigenvalue weighted by molar-refractivity contribution is 6.30. The van der Waals surface area contributed by atoms with E-state index in [-0.39, 0.29) is 5.92 Å². The Morgan fingerprint density at radius 1 is 1.43 bits per heavy atom. The topological polar surface area (TPSA) is 37.3 Å². The number of rotatable bonds is 2. The van der Waals surface area contributed by atoms with Crippen molar-refractivity contribution in [1.82, 2.24) is 0 Å². The van der Waals surface area contributed by atoms with Gasteiger partial charge < -0.3 is 5.11 Å². The Hall–Kier alpha value is -1.02. The molecular formula is C11H11ClO2. The third-order valence-electron chi connectivity index (χ3n) is 2.81. The molecule has 0 radical (unpaired) electrons. The van der Waals surface area contributed by atoms with Crippen LogP contribution in [-0.2, 0) is 4.79 Å². The van der Waals surface area contributed by atoms with E-state index in [0.29, 0.717) is 5.92 Å². The number of hydrogen-bond acceptors (Lipinski definition) is 1. The van der Waals surface area contributed by atoms with Crippen molar-refractivity contribution in [3.63, 3.8) is 0 Å². The van der Waals surface area contributed by atoms with Crippen molar-refractivity contribution in [3.8, 4) is 0 Å². The molecule has 0 bridgehead atoms. The highest BCUT2D eigenvalue weighted by Gasteiger charge is 2.35. The van der Waals surface area contributed by atoms with Gasteiger partial charge in [0.1, 0.15) is 0 Å². The van der Waals surface area contributed by atoms with Gasteiger partial charge in [-0.15, -0.1) is 0 Å². The summed E-state index contributed by atoms with van der Waals surface area (Å²) in [7, 11) is 0. The molecule has 1 fully saturated rings. The molecule has 0 amide bonds. The van der Waals surface area contributed by atoms with Crippen LogP contribution in [0.2, 0.25) is 5.02 Å². The standard InChI is InChI=1S/C11H11ClO2/c12-10-3-1-2-7(6-10)8-4-9(5-8)11(13)14/h1-3,6,8-9H,4-5H2,(H,13,14). The van der Waals surface area contributed by atoms with Crippen LogP contribution in [0.5, 0.6) is 0 Å². The van der Waals surface area contributed by atoms with E-state index >= 15 is 0 Å². The van der Waals surface area contributed by atoms with E-state index in [4.69, 9.17) is 16.7 Å². The van der Waals surface area contributed by atoms with Crippen LogP contribution in [0, 0.1) is 5.92 Å². The summed E-state index contributed by atoms with van der Waals surface area (Å²) in [6, 6.07) is 7.67. The number of carboxylic acid groups (broad SMARTS) is 1. The normalized spacial score (nSPS) is 25.5. The SMILES string of the molecule is O=C(O)C1CC(c2cccc(Cl)c2)C1. The largest absolute Gasteiger partial charge is 0.481 e. The summed E-state index contributed by atoms with van der Waals surface area (Å²) in [5.41, 5.74) is 1.16. The fourth-order valence-electron chi connectivity index (χ4n) is 1.85. The maximum atomic E-state index is 10.6. The molecule has 0 aromatic heterocycles. The predicted molar refractivity (Wildman–Crippen MR) is 54.6 cm³/mol. The first-order valence-electron chi connectivity index (χ1n) is 4.65. The summed E-state index contributed by atoms with van der Waals surface area (Å²) < 4.78 is 0. The molecule has 1 N–H and O–H groups in total. The lowest BCUT2D eigenvalue weighted by molar-refractivity contribution is -0.145. The molecule has 0 saturated heterocycles. The number of aliphatic carboxylic acids is 1. The summed E-state index contributed by atoms with van der Waals surface area (Å²) in [5, 5.41) is 9.45. The van der Waals surface area contributed by atoms with Crippen LogP contribution >= 0.6 is 11.6 Å². The van der Waals surface area contributed by atoms with Gasteiger partial charge in [0.05, 0.1) is 5.92 Å². The van der Waals surface area contributed by atoms with Gasteiger partial charge in [0, 0.05) is 5.02 Å². The minimum absolute atomic E-state index is 0.154. The lowest BCUT2D eigenvalue weighted by Gasteiger charge is -2.32. The smallest absolute Gasteiger partial charge is 0.306 e. The van der Waals surface area contributed by atoms with Crippen LogP contribution in [0.4, 0.5) is 0 Å². The van der Waals surface area contributed by atoms with E-state index in [1.165, 1.54) is 0 Å². The molecule has 14 heavy (non-hydrogen) atoms. The highest BCUT2D eigenvalue weighted by atomic mass is 35.5. The van der Waals surface area contributed by atoms with Crippen LogP contribution in [-0.4, -0.2) is 11.1 Å². The maximum absolute atomic E-state index is 10.6. The quantitative estimate of drug-likeness (QED) is 0.815. The summed E-state index contributed by atoms with van der Waals surface area (Å²) in [5.74, 6) is -0.447. The van der Waals surface area contributed by atoms with Crippen molar-refractivity contribution in [2.75, 3.05) is 0 Å². The fraction of sp³-hybridized carbons (Fsp3) is 0.364. The number of carboxylic acids is 1. The second-order valence-corrected chi connectivity index (χ2v) is 4.19. The summed E-state index contributed by atoms with van der Waals surface area (Å²) in [6.45, 7) is 0. The van der Waals surface area contributed by atoms with Crippen LogP contribution in [0.25, 0.3) is 0 Å². The Morgan fingerprint density at radius 3 is 2.71 bits per heavy atom. The average molecular weight is 211 g/mol. The van der Waals surface area contributed by atoms with Gasteiger partial charge in [-0.05, 0) is 36.5 Å². The molecule has 2 nitrogen and oxygen atoms in total. The zero-order valence-electron chi connectivity index (χ0n) is 7.61.